The lowest BCUT2D eigenvalue weighted by molar-refractivity contribution is -0.159. The van der Waals surface area contributed by atoms with E-state index in [4.69, 9.17) is 0 Å². The van der Waals surface area contributed by atoms with Crippen LogP contribution in [0.2, 0.25) is 0 Å². The Balaban J connectivity index is 1.29. The van der Waals surface area contributed by atoms with Gasteiger partial charge in [0.1, 0.15) is 5.69 Å². The van der Waals surface area contributed by atoms with Crippen molar-refractivity contribution in [3.8, 4) is 0 Å². The maximum Gasteiger partial charge on any atom is 0.319 e. The zero-order chi connectivity index (χ0) is 29.6. The van der Waals surface area contributed by atoms with Crippen molar-refractivity contribution >= 4 is 23.4 Å². The molecule has 1 aliphatic heterocycles. The lowest BCUT2D eigenvalue weighted by atomic mass is 9.71. The number of carboxylic acids is 1. The number of nitrogens with zero attached hydrogens (tertiary/aromatic N) is 5. The van der Waals surface area contributed by atoms with Crippen molar-refractivity contribution in [3.05, 3.63) is 47.7 Å². The number of halogens is 2. The molecular formula is C29H35F2N7O4. The van der Waals surface area contributed by atoms with E-state index in [0.29, 0.717) is 41.7 Å². The fraction of sp³-hybridized carbons (Fsp3) is 0.586. The van der Waals surface area contributed by atoms with E-state index in [1.54, 1.807) is 29.1 Å². The number of piperidine rings is 1. The van der Waals surface area contributed by atoms with E-state index in [-0.39, 0.29) is 56.3 Å². The van der Waals surface area contributed by atoms with Gasteiger partial charge in [0.2, 0.25) is 11.8 Å². The Morgan fingerprint density at radius 2 is 1.93 bits per heavy atom. The largest absolute Gasteiger partial charge is 0.480 e. The predicted octanol–water partition coefficient (Wildman–Crippen LogP) is 3.40. The van der Waals surface area contributed by atoms with Gasteiger partial charge in [0.25, 0.3) is 5.91 Å². The molecule has 4 heterocycles. The van der Waals surface area contributed by atoms with Crippen molar-refractivity contribution in [2.24, 2.45) is 23.2 Å². The average Bonchev–Trinajstić information content (AvgIpc) is 3.54. The van der Waals surface area contributed by atoms with Crippen LogP contribution >= 0.6 is 0 Å². The first-order valence-electron chi connectivity index (χ1n) is 14.7. The number of aromatic nitrogens is 5. The van der Waals surface area contributed by atoms with Gasteiger partial charge < -0.3 is 15.7 Å². The van der Waals surface area contributed by atoms with Gasteiger partial charge in [0.05, 0.1) is 23.6 Å². The number of carbonyl (C=O) groups excluding carboxylic acids is 2. The molecule has 13 heteroatoms. The van der Waals surface area contributed by atoms with Crippen LogP contribution in [0.1, 0.15) is 79.8 Å². The molecule has 0 radical (unpaired) electrons. The summed E-state index contributed by atoms with van der Waals surface area (Å²) in [5.74, 6) is -4.47. The molecule has 3 aromatic rings. The van der Waals surface area contributed by atoms with Gasteiger partial charge in [-0.25, -0.2) is 18.3 Å². The molecule has 3 aliphatic rings. The predicted molar refractivity (Wildman–Crippen MR) is 146 cm³/mol. The van der Waals surface area contributed by atoms with E-state index in [1.165, 1.54) is 10.7 Å². The van der Waals surface area contributed by atoms with Gasteiger partial charge in [0.15, 0.2) is 11.1 Å². The zero-order valence-corrected chi connectivity index (χ0v) is 23.4. The summed E-state index contributed by atoms with van der Waals surface area (Å²) in [4.78, 5) is 43.4. The maximum absolute atomic E-state index is 14.0. The number of aliphatic carboxylic acids is 1. The molecule has 3 unspecified atom stereocenters. The van der Waals surface area contributed by atoms with Gasteiger partial charge >= 0.3 is 5.97 Å². The molecular weight excluding hydrogens is 548 g/mol. The fourth-order valence-corrected chi connectivity index (χ4v) is 6.63. The second-order valence-corrected chi connectivity index (χ2v) is 12.0. The minimum atomic E-state index is -2.73. The van der Waals surface area contributed by atoms with Crippen molar-refractivity contribution in [1.82, 2.24) is 35.0 Å². The second kappa shape index (κ2) is 10.7. The fourth-order valence-electron chi connectivity index (χ4n) is 6.63. The first-order valence-corrected chi connectivity index (χ1v) is 14.7. The standard InChI is InChI=1S/C29H35F2N7O4/c1-2-37-22(9-12-33-37)25(39)35-24(18-7-10-29(30,31)11-8-18)21-16-38-23(34-21)6-5-20(36-38)14-28(27(41)42)13-19(17-3-4-17)15-32-26(28)40/h5-6,9,12,16-19,24H,2-4,7-8,10-11,13-15H2,1H3,(H,32,40)(H,35,39)(H,41,42). The van der Waals surface area contributed by atoms with E-state index in [1.807, 2.05) is 6.92 Å². The minimum absolute atomic E-state index is 0.0697. The summed E-state index contributed by atoms with van der Waals surface area (Å²) in [5.41, 5.74) is 0.109. The number of hydrogen-bond acceptors (Lipinski definition) is 6. The van der Waals surface area contributed by atoms with Gasteiger partial charge in [-0.3, -0.25) is 19.1 Å². The van der Waals surface area contributed by atoms with Gasteiger partial charge in [-0.1, -0.05) is 0 Å². The van der Waals surface area contributed by atoms with E-state index in [2.05, 4.69) is 25.8 Å². The van der Waals surface area contributed by atoms with Crippen LogP contribution in [0.25, 0.3) is 5.65 Å². The highest BCUT2D eigenvalue weighted by Crippen LogP contribution is 2.45. The third-order valence-corrected chi connectivity index (χ3v) is 9.23. The zero-order valence-electron chi connectivity index (χ0n) is 23.4. The number of aryl methyl sites for hydroxylation is 1. The van der Waals surface area contributed by atoms with E-state index in [0.717, 1.165) is 12.8 Å². The van der Waals surface area contributed by atoms with Crippen LogP contribution in [-0.4, -0.2) is 59.7 Å². The Morgan fingerprint density at radius 1 is 1.17 bits per heavy atom. The first kappa shape index (κ1) is 28.2. The SMILES string of the molecule is CCn1nccc1C(=O)NC(c1cn2nc(CC3(C(=O)O)CC(C4CC4)CNC3=O)ccc2n1)C1CCC(F)(F)CC1. The molecule has 11 nitrogen and oxygen atoms in total. The quantitative estimate of drug-likeness (QED) is 0.328. The third kappa shape index (κ3) is 5.36. The second-order valence-electron chi connectivity index (χ2n) is 12.0. The summed E-state index contributed by atoms with van der Waals surface area (Å²) in [6, 6.07) is 4.32. The highest BCUT2D eigenvalue weighted by atomic mass is 19.3. The highest BCUT2D eigenvalue weighted by molar-refractivity contribution is 6.02. The molecule has 0 spiro atoms. The van der Waals surface area contributed by atoms with E-state index in [9.17, 15) is 28.3 Å². The molecule has 6 rings (SSSR count). The number of carbonyl (C=O) groups is 3. The average molecular weight is 584 g/mol. The molecule has 2 amide bonds. The number of alkyl halides is 2. The smallest absolute Gasteiger partial charge is 0.319 e. The molecule has 3 aromatic heterocycles. The van der Waals surface area contributed by atoms with Crippen LogP contribution in [0.5, 0.6) is 0 Å². The number of rotatable bonds is 9. The molecule has 0 aromatic carbocycles. The Kier molecular flexibility index (Phi) is 7.22. The molecule has 3 N–H and O–H groups in total. The van der Waals surface area contributed by atoms with Crippen LogP contribution in [-0.2, 0) is 22.6 Å². The van der Waals surface area contributed by atoms with Crippen molar-refractivity contribution in [1.29, 1.82) is 0 Å². The Labute approximate surface area is 241 Å². The summed E-state index contributed by atoms with van der Waals surface area (Å²) >= 11 is 0. The summed E-state index contributed by atoms with van der Waals surface area (Å²) < 4.78 is 31.1. The van der Waals surface area contributed by atoms with Crippen molar-refractivity contribution in [2.75, 3.05) is 6.54 Å². The Hall–Kier alpha value is -3.90. The molecule has 224 valence electrons. The highest BCUT2D eigenvalue weighted by Gasteiger charge is 2.53. The molecule has 1 saturated heterocycles. The summed E-state index contributed by atoms with van der Waals surface area (Å²) in [7, 11) is 0. The van der Waals surface area contributed by atoms with Crippen molar-refractivity contribution in [2.45, 2.75) is 76.8 Å². The van der Waals surface area contributed by atoms with Crippen LogP contribution < -0.4 is 10.6 Å². The molecule has 42 heavy (non-hydrogen) atoms. The summed E-state index contributed by atoms with van der Waals surface area (Å²) in [5, 5.41) is 24.8. The molecule has 3 fully saturated rings. The molecule has 3 atom stereocenters. The lowest BCUT2D eigenvalue weighted by Crippen LogP contribution is -2.55. The van der Waals surface area contributed by atoms with Crippen molar-refractivity contribution < 1.29 is 28.3 Å². The van der Waals surface area contributed by atoms with Gasteiger partial charge in [-0.05, 0) is 75.0 Å². The monoisotopic (exact) mass is 583 g/mol. The van der Waals surface area contributed by atoms with Crippen LogP contribution in [0.3, 0.4) is 0 Å². The Morgan fingerprint density at radius 3 is 2.62 bits per heavy atom. The van der Waals surface area contributed by atoms with E-state index >= 15 is 0 Å². The maximum atomic E-state index is 14.0. The normalized spacial score (nSPS) is 25.2. The summed E-state index contributed by atoms with van der Waals surface area (Å²) in [6.07, 6.45) is 5.38. The van der Waals surface area contributed by atoms with Gasteiger partial charge in [-0.2, -0.15) is 10.2 Å². The molecule has 2 saturated carbocycles. The van der Waals surface area contributed by atoms with Crippen LogP contribution in [0.4, 0.5) is 8.78 Å². The van der Waals surface area contributed by atoms with E-state index < -0.39 is 29.3 Å². The van der Waals surface area contributed by atoms with Crippen LogP contribution in [0, 0.1) is 23.2 Å². The molecule has 2 aliphatic carbocycles. The Bertz CT molecular complexity index is 1510. The minimum Gasteiger partial charge on any atom is -0.480 e. The number of imidazole rings is 1. The number of fused-ring (bicyclic) bond motifs is 1. The van der Waals surface area contributed by atoms with Crippen molar-refractivity contribution in [3.63, 3.8) is 0 Å². The lowest BCUT2D eigenvalue weighted by Gasteiger charge is -2.36. The first-order chi connectivity index (χ1) is 20.1. The van der Waals surface area contributed by atoms with Crippen LogP contribution in [0.15, 0.2) is 30.6 Å². The molecule has 0 bridgehead atoms. The number of hydrogen-bond donors (Lipinski definition) is 3. The van der Waals surface area contributed by atoms with Gasteiger partial charge in [0, 0.05) is 38.5 Å². The number of carboxylic acid groups (broad SMARTS) is 1. The summed E-state index contributed by atoms with van der Waals surface area (Å²) in [6.45, 7) is 2.86. The topological polar surface area (TPSA) is 144 Å². The third-order valence-electron chi connectivity index (χ3n) is 9.23. The number of nitrogens with one attached hydrogen (secondary N) is 2. The number of amides is 2. The van der Waals surface area contributed by atoms with Gasteiger partial charge in [-0.15, -0.1) is 0 Å².